The van der Waals surface area contributed by atoms with Gasteiger partial charge in [0.25, 0.3) is 5.91 Å². The SMILES string of the molecule is Cc1cc(OCc2cccc(F)c2)ccc1NC(=O)c1ccccc1N1CCOCC1. The highest BCUT2D eigenvalue weighted by Crippen LogP contribution is 2.26. The van der Waals surface area contributed by atoms with E-state index in [4.69, 9.17) is 9.47 Å². The van der Waals surface area contributed by atoms with Crippen LogP contribution in [0.5, 0.6) is 5.75 Å². The minimum Gasteiger partial charge on any atom is -0.489 e. The molecule has 1 saturated heterocycles. The van der Waals surface area contributed by atoms with Crippen LogP contribution in [0.2, 0.25) is 0 Å². The molecular formula is C25H25FN2O3. The Morgan fingerprint density at radius 3 is 2.65 bits per heavy atom. The van der Waals surface area contributed by atoms with Crippen molar-refractivity contribution in [3.63, 3.8) is 0 Å². The van der Waals surface area contributed by atoms with Gasteiger partial charge in [-0.3, -0.25) is 4.79 Å². The summed E-state index contributed by atoms with van der Waals surface area (Å²) in [4.78, 5) is 15.2. The number of nitrogens with zero attached hydrogens (tertiary/aromatic N) is 1. The van der Waals surface area contributed by atoms with Gasteiger partial charge < -0.3 is 19.7 Å². The summed E-state index contributed by atoms with van der Waals surface area (Å²) in [5, 5.41) is 3.01. The quantitative estimate of drug-likeness (QED) is 0.622. The largest absolute Gasteiger partial charge is 0.489 e. The zero-order chi connectivity index (χ0) is 21.6. The van der Waals surface area contributed by atoms with E-state index in [1.165, 1.54) is 12.1 Å². The summed E-state index contributed by atoms with van der Waals surface area (Å²) in [6.07, 6.45) is 0. The number of ether oxygens (including phenoxy) is 2. The van der Waals surface area contributed by atoms with Crippen LogP contribution < -0.4 is 15.0 Å². The van der Waals surface area contributed by atoms with Crippen LogP contribution in [0.3, 0.4) is 0 Å². The third-order valence-corrected chi connectivity index (χ3v) is 5.24. The number of morpholine rings is 1. The molecule has 6 heteroatoms. The normalized spacial score (nSPS) is 13.7. The lowest BCUT2D eigenvalue weighted by Gasteiger charge is -2.30. The maximum atomic E-state index is 13.3. The van der Waals surface area contributed by atoms with E-state index in [2.05, 4.69) is 10.2 Å². The number of halogens is 1. The standard InChI is InChI=1S/C25H25FN2O3/c1-18-15-21(31-17-19-5-4-6-20(26)16-19)9-10-23(18)27-25(29)22-7-2-3-8-24(22)28-11-13-30-14-12-28/h2-10,15-16H,11-14,17H2,1H3,(H,27,29). The fourth-order valence-corrected chi connectivity index (χ4v) is 3.59. The molecule has 0 unspecified atom stereocenters. The van der Waals surface area contributed by atoms with Crippen LogP contribution in [0.25, 0.3) is 0 Å². The van der Waals surface area contributed by atoms with E-state index in [0.29, 0.717) is 24.5 Å². The summed E-state index contributed by atoms with van der Waals surface area (Å²) in [5.74, 6) is 0.222. The lowest BCUT2D eigenvalue weighted by Crippen LogP contribution is -2.37. The van der Waals surface area contributed by atoms with Crippen LogP contribution >= 0.6 is 0 Å². The monoisotopic (exact) mass is 420 g/mol. The zero-order valence-corrected chi connectivity index (χ0v) is 17.4. The minimum atomic E-state index is -0.285. The van der Waals surface area contributed by atoms with Crippen molar-refractivity contribution < 1.29 is 18.7 Å². The first kappa shape index (κ1) is 20.9. The van der Waals surface area contributed by atoms with E-state index in [1.54, 1.807) is 12.1 Å². The number of nitrogens with one attached hydrogen (secondary N) is 1. The summed E-state index contributed by atoms with van der Waals surface area (Å²) < 4.78 is 24.5. The third kappa shape index (κ3) is 5.22. The molecule has 3 aromatic carbocycles. The molecule has 1 aliphatic rings. The third-order valence-electron chi connectivity index (χ3n) is 5.24. The Bertz CT molecular complexity index is 1060. The van der Waals surface area contributed by atoms with Gasteiger partial charge in [0.05, 0.1) is 18.8 Å². The summed E-state index contributed by atoms with van der Waals surface area (Å²) >= 11 is 0. The second-order valence-electron chi connectivity index (χ2n) is 7.47. The van der Waals surface area contributed by atoms with Crippen LogP contribution in [0.15, 0.2) is 66.7 Å². The van der Waals surface area contributed by atoms with Crippen LogP contribution in [0, 0.1) is 12.7 Å². The van der Waals surface area contributed by atoms with E-state index < -0.39 is 0 Å². The molecule has 1 N–H and O–H groups in total. The van der Waals surface area contributed by atoms with Gasteiger partial charge >= 0.3 is 0 Å². The van der Waals surface area contributed by atoms with Crippen LogP contribution in [-0.2, 0) is 11.3 Å². The molecule has 4 rings (SSSR count). The molecule has 1 fully saturated rings. The average molecular weight is 420 g/mol. The van der Waals surface area contributed by atoms with Gasteiger partial charge in [0.1, 0.15) is 18.2 Å². The number of amides is 1. The average Bonchev–Trinajstić information content (AvgIpc) is 2.80. The van der Waals surface area contributed by atoms with E-state index in [9.17, 15) is 9.18 Å². The van der Waals surface area contributed by atoms with E-state index in [-0.39, 0.29) is 18.3 Å². The van der Waals surface area contributed by atoms with Crippen molar-refractivity contribution >= 4 is 17.3 Å². The van der Waals surface area contributed by atoms with Gasteiger partial charge in [-0.05, 0) is 60.5 Å². The molecule has 1 heterocycles. The Balaban J connectivity index is 1.44. The highest BCUT2D eigenvalue weighted by Gasteiger charge is 2.19. The number of benzene rings is 3. The molecule has 0 saturated carbocycles. The van der Waals surface area contributed by atoms with Gasteiger partial charge in [0, 0.05) is 24.5 Å². The molecule has 31 heavy (non-hydrogen) atoms. The lowest BCUT2D eigenvalue weighted by atomic mass is 10.1. The van der Waals surface area contributed by atoms with Crippen LogP contribution in [-0.4, -0.2) is 32.2 Å². The van der Waals surface area contributed by atoms with Crippen molar-refractivity contribution in [3.05, 3.63) is 89.2 Å². The van der Waals surface area contributed by atoms with Gasteiger partial charge in [0.15, 0.2) is 0 Å². The van der Waals surface area contributed by atoms with Crippen molar-refractivity contribution in [1.82, 2.24) is 0 Å². The number of carbonyl (C=O) groups is 1. The second kappa shape index (κ2) is 9.62. The molecule has 0 spiro atoms. The molecule has 0 aliphatic carbocycles. The van der Waals surface area contributed by atoms with E-state index >= 15 is 0 Å². The van der Waals surface area contributed by atoms with Crippen molar-refractivity contribution in [2.45, 2.75) is 13.5 Å². The Morgan fingerprint density at radius 2 is 1.87 bits per heavy atom. The van der Waals surface area contributed by atoms with Gasteiger partial charge in [-0.15, -0.1) is 0 Å². The predicted octanol–water partition coefficient (Wildman–Crippen LogP) is 4.80. The molecule has 0 atom stereocenters. The molecule has 1 aliphatic heterocycles. The Labute approximate surface area is 181 Å². The first-order valence-corrected chi connectivity index (χ1v) is 10.3. The van der Waals surface area contributed by atoms with E-state index in [0.717, 1.165) is 35.6 Å². The summed E-state index contributed by atoms with van der Waals surface area (Å²) in [6, 6.07) is 19.4. The number of aryl methyl sites for hydroxylation is 1. The van der Waals surface area contributed by atoms with Crippen LogP contribution in [0.4, 0.5) is 15.8 Å². The Morgan fingerprint density at radius 1 is 1.06 bits per heavy atom. The molecule has 0 bridgehead atoms. The smallest absolute Gasteiger partial charge is 0.257 e. The van der Waals surface area contributed by atoms with E-state index in [1.807, 2.05) is 49.4 Å². The van der Waals surface area contributed by atoms with Crippen molar-refractivity contribution in [2.24, 2.45) is 0 Å². The number of anilines is 2. The topological polar surface area (TPSA) is 50.8 Å². The van der Waals surface area contributed by atoms with Crippen molar-refractivity contribution in [3.8, 4) is 5.75 Å². The zero-order valence-electron chi connectivity index (χ0n) is 17.4. The van der Waals surface area contributed by atoms with Gasteiger partial charge in [0.2, 0.25) is 0 Å². The molecule has 3 aromatic rings. The first-order chi connectivity index (χ1) is 15.1. The molecular weight excluding hydrogens is 395 g/mol. The molecule has 5 nitrogen and oxygen atoms in total. The summed E-state index contributed by atoms with van der Waals surface area (Å²) in [6.45, 7) is 5.04. The molecule has 1 amide bonds. The molecule has 0 radical (unpaired) electrons. The maximum absolute atomic E-state index is 13.3. The number of rotatable bonds is 6. The van der Waals surface area contributed by atoms with Crippen molar-refractivity contribution in [1.29, 1.82) is 0 Å². The number of hydrogen-bond donors (Lipinski definition) is 1. The van der Waals surface area contributed by atoms with Gasteiger partial charge in [-0.2, -0.15) is 0 Å². The highest BCUT2D eigenvalue weighted by molar-refractivity contribution is 6.08. The summed E-state index contributed by atoms with van der Waals surface area (Å²) in [5.41, 5.74) is 3.91. The molecule has 160 valence electrons. The Hall–Kier alpha value is -3.38. The fourth-order valence-electron chi connectivity index (χ4n) is 3.59. The second-order valence-corrected chi connectivity index (χ2v) is 7.47. The lowest BCUT2D eigenvalue weighted by molar-refractivity contribution is 0.102. The number of hydrogen-bond acceptors (Lipinski definition) is 4. The highest BCUT2D eigenvalue weighted by atomic mass is 19.1. The summed E-state index contributed by atoms with van der Waals surface area (Å²) in [7, 11) is 0. The number of carbonyl (C=O) groups excluding carboxylic acids is 1. The van der Waals surface area contributed by atoms with Crippen molar-refractivity contribution in [2.75, 3.05) is 36.5 Å². The maximum Gasteiger partial charge on any atom is 0.257 e. The number of para-hydroxylation sites is 1. The van der Waals surface area contributed by atoms with Crippen LogP contribution in [0.1, 0.15) is 21.5 Å². The minimum absolute atomic E-state index is 0.154. The predicted molar refractivity (Wildman–Crippen MR) is 119 cm³/mol. The first-order valence-electron chi connectivity index (χ1n) is 10.3. The fraction of sp³-hybridized carbons (Fsp3) is 0.240. The Kier molecular flexibility index (Phi) is 6.48. The molecule has 0 aromatic heterocycles. The van der Waals surface area contributed by atoms with Gasteiger partial charge in [-0.25, -0.2) is 4.39 Å². The van der Waals surface area contributed by atoms with Gasteiger partial charge in [-0.1, -0.05) is 24.3 Å².